The van der Waals surface area contributed by atoms with Gasteiger partial charge in [-0.1, -0.05) is 0 Å². The van der Waals surface area contributed by atoms with Crippen LogP contribution in [0.25, 0.3) is 0 Å². The number of hydrogen-bond donors (Lipinski definition) is 1. The van der Waals surface area contributed by atoms with Crippen LogP contribution in [-0.4, -0.2) is 42.5 Å². The van der Waals surface area contributed by atoms with Gasteiger partial charge in [0, 0.05) is 42.0 Å². The van der Waals surface area contributed by atoms with Crippen LogP contribution in [0.5, 0.6) is 11.5 Å². The molecule has 2 heterocycles. The standard InChI is InChI=1S/C24H24N4O4S/c1-15-11-18(33-24-25-9-4-10-26-24)6-7-19(15)27-23(30)16-12-22(29)28(14-16)20-8-5-17(31-2)13-21(20)32-3/h4-11,13,16H,12,14H2,1-3H3,(H,27,30). The van der Waals surface area contributed by atoms with Crippen molar-refractivity contribution in [1.29, 1.82) is 0 Å². The van der Waals surface area contributed by atoms with E-state index in [1.54, 1.807) is 48.7 Å². The number of aryl methyl sites for hydroxylation is 1. The summed E-state index contributed by atoms with van der Waals surface area (Å²) in [6.07, 6.45) is 3.54. The van der Waals surface area contributed by atoms with Gasteiger partial charge < -0.3 is 19.7 Å². The molecule has 2 amide bonds. The number of hydrogen-bond acceptors (Lipinski definition) is 7. The molecule has 1 aliphatic rings. The summed E-state index contributed by atoms with van der Waals surface area (Å²) < 4.78 is 10.6. The Labute approximate surface area is 196 Å². The number of amides is 2. The zero-order valence-corrected chi connectivity index (χ0v) is 19.4. The van der Waals surface area contributed by atoms with Crippen molar-refractivity contribution >= 4 is 35.0 Å². The lowest BCUT2D eigenvalue weighted by Crippen LogP contribution is -2.28. The smallest absolute Gasteiger partial charge is 0.229 e. The molecule has 4 rings (SSSR count). The van der Waals surface area contributed by atoms with E-state index in [0.29, 0.717) is 28.0 Å². The van der Waals surface area contributed by atoms with Crippen molar-refractivity contribution in [2.24, 2.45) is 5.92 Å². The molecule has 8 nitrogen and oxygen atoms in total. The number of nitrogens with one attached hydrogen (secondary N) is 1. The third kappa shape index (κ3) is 5.09. The largest absolute Gasteiger partial charge is 0.497 e. The first-order valence-corrected chi connectivity index (χ1v) is 11.2. The first-order valence-electron chi connectivity index (χ1n) is 10.4. The normalized spacial score (nSPS) is 15.4. The van der Waals surface area contributed by atoms with Gasteiger partial charge in [-0.3, -0.25) is 9.59 Å². The van der Waals surface area contributed by atoms with Crippen LogP contribution < -0.4 is 19.7 Å². The number of nitrogens with zero attached hydrogens (tertiary/aromatic N) is 3. The molecule has 2 aromatic carbocycles. The van der Waals surface area contributed by atoms with Gasteiger partial charge in [-0.15, -0.1) is 0 Å². The fourth-order valence-corrected chi connectivity index (χ4v) is 4.45. The van der Waals surface area contributed by atoms with E-state index in [-0.39, 0.29) is 24.8 Å². The molecule has 1 saturated heterocycles. The predicted octanol–water partition coefficient (Wildman–Crippen LogP) is 3.95. The highest BCUT2D eigenvalue weighted by Crippen LogP contribution is 2.36. The Morgan fingerprint density at radius 3 is 2.61 bits per heavy atom. The number of rotatable bonds is 7. The molecule has 1 fully saturated rings. The van der Waals surface area contributed by atoms with E-state index in [1.807, 2.05) is 25.1 Å². The van der Waals surface area contributed by atoms with Gasteiger partial charge in [-0.05, 0) is 60.6 Å². The second-order valence-electron chi connectivity index (χ2n) is 7.54. The van der Waals surface area contributed by atoms with E-state index in [0.717, 1.165) is 10.5 Å². The minimum atomic E-state index is -0.463. The Hall–Kier alpha value is -3.59. The van der Waals surface area contributed by atoms with Gasteiger partial charge in [0.1, 0.15) is 11.5 Å². The van der Waals surface area contributed by atoms with Crippen LogP contribution in [0.4, 0.5) is 11.4 Å². The number of carbonyl (C=O) groups is 2. The number of benzene rings is 2. The van der Waals surface area contributed by atoms with Gasteiger partial charge in [0.05, 0.1) is 25.8 Å². The van der Waals surface area contributed by atoms with Crippen molar-refractivity contribution in [2.75, 3.05) is 31.0 Å². The number of ether oxygens (including phenoxy) is 2. The van der Waals surface area contributed by atoms with Crippen molar-refractivity contribution < 1.29 is 19.1 Å². The van der Waals surface area contributed by atoms with Crippen LogP contribution >= 0.6 is 11.8 Å². The summed E-state index contributed by atoms with van der Waals surface area (Å²) >= 11 is 1.45. The lowest BCUT2D eigenvalue weighted by molar-refractivity contribution is -0.122. The maximum Gasteiger partial charge on any atom is 0.229 e. The average Bonchev–Trinajstić information content (AvgIpc) is 3.22. The van der Waals surface area contributed by atoms with Crippen molar-refractivity contribution in [3.63, 3.8) is 0 Å². The Morgan fingerprint density at radius 1 is 1.12 bits per heavy atom. The summed E-state index contributed by atoms with van der Waals surface area (Å²) in [5, 5.41) is 3.63. The lowest BCUT2D eigenvalue weighted by atomic mass is 10.1. The van der Waals surface area contributed by atoms with Gasteiger partial charge in [-0.25, -0.2) is 9.97 Å². The fourth-order valence-electron chi connectivity index (χ4n) is 3.64. The molecule has 1 N–H and O–H groups in total. The third-order valence-corrected chi connectivity index (χ3v) is 6.26. The van der Waals surface area contributed by atoms with E-state index in [4.69, 9.17) is 9.47 Å². The highest BCUT2D eigenvalue weighted by atomic mass is 32.2. The molecule has 1 aromatic heterocycles. The zero-order valence-electron chi connectivity index (χ0n) is 18.6. The molecule has 9 heteroatoms. The van der Waals surface area contributed by atoms with Crippen molar-refractivity contribution in [2.45, 2.75) is 23.4 Å². The van der Waals surface area contributed by atoms with E-state index in [9.17, 15) is 9.59 Å². The van der Waals surface area contributed by atoms with Crippen LogP contribution in [0.1, 0.15) is 12.0 Å². The molecule has 33 heavy (non-hydrogen) atoms. The van der Waals surface area contributed by atoms with Crippen molar-refractivity contribution in [3.8, 4) is 11.5 Å². The number of carbonyl (C=O) groups excluding carboxylic acids is 2. The molecular weight excluding hydrogens is 440 g/mol. The molecule has 1 aliphatic heterocycles. The Balaban J connectivity index is 1.44. The quantitative estimate of drug-likeness (QED) is 0.529. The van der Waals surface area contributed by atoms with Gasteiger partial charge >= 0.3 is 0 Å². The Bertz CT molecular complexity index is 1170. The highest BCUT2D eigenvalue weighted by Gasteiger charge is 2.36. The van der Waals surface area contributed by atoms with Crippen molar-refractivity contribution in [3.05, 3.63) is 60.4 Å². The zero-order chi connectivity index (χ0) is 23.4. The third-order valence-electron chi connectivity index (χ3n) is 5.38. The van der Waals surface area contributed by atoms with Gasteiger partial charge in [0.25, 0.3) is 0 Å². The monoisotopic (exact) mass is 464 g/mol. The van der Waals surface area contributed by atoms with Gasteiger partial charge in [-0.2, -0.15) is 0 Å². The highest BCUT2D eigenvalue weighted by molar-refractivity contribution is 7.99. The van der Waals surface area contributed by atoms with Crippen LogP contribution in [0.15, 0.2) is 64.9 Å². The molecule has 0 bridgehead atoms. The maximum absolute atomic E-state index is 13.0. The summed E-state index contributed by atoms with van der Waals surface area (Å²) in [5.41, 5.74) is 2.26. The van der Waals surface area contributed by atoms with Crippen LogP contribution in [-0.2, 0) is 9.59 Å². The summed E-state index contributed by atoms with van der Waals surface area (Å²) in [6, 6.07) is 12.8. The molecule has 0 aliphatic carbocycles. The van der Waals surface area contributed by atoms with Gasteiger partial charge in [0.15, 0.2) is 5.16 Å². The molecular formula is C24H24N4O4S. The first kappa shape index (κ1) is 22.6. The number of anilines is 2. The molecule has 0 radical (unpaired) electrons. The molecule has 1 unspecified atom stereocenters. The fraction of sp³-hybridized carbons (Fsp3) is 0.250. The summed E-state index contributed by atoms with van der Waals surface area (Å²) in [4.78, 5) is 36.7. The molecule has 0 saturated carbocycles. The SMILES string of the molecule is COc1ccc(N2CC(C(=O)Nc3ccc(Sc4ncccn4)cc3C)CC2=O)c(OC)c1. The molecule has 1 atom stereocenters. The van der Waals surface area contributed by atoms with Crippen molar-refractivity contribution in [1.82, 2.24) is 9.97 Å². The predicted molar refractivity (Wildman–Crippen MR) is 126 cm³/mol. The summed E-state index contributed by atoms with van der Waals surface area (Å²) in [5.74, 6) is 0.385. The molecule has 3 aromatic rings. The van der Waals surface area contributed by atoms with E-state index < -0.39 is 5.92 Å². The van der Waals surface area contributed by atoms with E-state index in [2.05, 4.69) is 15.3 Å². The second kappa shape index (κ2) is 9.91. The first-order chi connectivity index (χ1) is 16.0. The minimum Gasteiger partial charge on any atom is -0.497 e. The minimum absolute atomic E-state index is 0.120. The van der Waals surface area contributed by atoms with Crippen LogP contribution in [0.2, 0.25) is 0 Å². The van der Waals surface area contributed by atoms with Gasteiger partial charge in [0.2, 0.25) is 11.8 Å². The Kier molecular flexibility index (Phi) is 6.79. The summed E-state index contributed by atoms with van der Waals surface area (Å²) in [7, 11) is 3.11. The Morgan fingerprint density at radius 2 is 1.91 bits per heavy atom. The summed E-state index contributed by atoms with van der Waals surface area (Å²) in [6.45, 7) is 2.21. The average molecular weight is 465 g/mol. The molecule has 170 valence electrons. The topological polar surface area (TPSA) is 93.6 Å². The lowest BCUT2D eigenvalue weighted by Gasteiger charge is -2.20. The molecule has 0 spiro atoms. The second-order valence-corrected chi connectivity index (χ2v) is 8.58. The van der Waals surface area contributed by atoms with E-state index >= 15 is 0 Å². The number of methoxy groups -OCH3 is 2. The van der Waals surface area contributed by atoms with Crippen LogP contribution in [0, 0.1) is 12.8 Å². The maximum atomic E-state index is 13.0. The van der Waals surface area contributed by atoms with Crippen LogP contribution in [0.3, 0.4) is 0 Å². The number of aromatic nitrogens is 2. The van der Waals surface area contributed by atoms with E-state index in [1.165, 1.54) is 18.9 Å².